The molecule has 0 aromatic carbocycles. The molecular weight excluding hydrogens is 1200 g/mol. The summed E-state index contributed by atoms with van der Waals surface area (Å²) in [6.07, 6.45) is 49.8. The Hall–Kier alpha value is -1.94. The first-order valence-electron chi connectivity index (χ1n) is 37.5. The first-order valence-corrected chi connectivity index (χ1v) is 40.5. The summed E-state index contributed by atoms with van der Waals surface area (Å²) >= 11 is 0. The number of aliphatic hydroxyl groups excluding tert-OH is 1. The lowest BCUT2D eigenvalue weighted by molar-refractivity contribution is -0.161. The van der Waals surface area contributed by atoms with Crippen LogP contribution < -0.4 is 0 Å². The van der Waals surface area contributed by atoms with Crippen molar-refractivity contribution in [2.45, 2.75) is 387 Å². The molecule has 0 aliphatic rings. The summed E-state index contributed by atoms with van der Waals surface area (Å²) in [5, 5.41) is 10.6. The fraction of sp³-hybridized carbons (Fsp3) is 0.944. The molecule has 0 fully saturated rings. The fourth-order valence-corrected chi connectivity index (χ4v) is 12.5. The van der Waals surface area contributed by atoms with Gasteiger partial charge in [-0.05, 0) is 37.5 Å². The van der Waals surface area contributed by atoms with Crippen LogP contribution in [0.25, 0.3) is 0 Å². The van der Waals surface area contributed by atoms with Crippen LogP contribution in [0.1, 0.15) is 369 Å². The van der Waals surface area contributed by atoms with Gasteiger partial charge in [-0.25, -0.2) is 9.13 Å². The molecule has 0 spiro atoms. The molecule has 0 saturated heterocycles. The minimum Gasteiger partial charge on any atom is -0.462 e. The average Bonchev–Trinajstić information content (AvgIpc) is 3.67. The second-order valence-electron chi connectivity index (χ2n) is 26.7. The van der Waals surface area contributed by atoms with Crippen molar-refractivity contribution < 1.29 is 80.2 Å². The highest BCUT2D eigenvalue weighted by Gasteiger charge is 2.30. The number of aliphatic hydroxyl groups is 1. The van der Waals surface area contributed by atoms with Crippen molar-refractivity contribution in [3.8, 4) is 0 Å². The van der Waals surface area contributed by atoms with Crippen LogP contribution in [0.2, 0.25) is 0 Å². The Kier molecular flexibility index (Phi) is 62.7. The number of hydrogen-bond acceptors (Lipinski definition) is 15. The molecule has 3 N–H and O–H groups in total. The number of phosphoric ester groups is 2. The summed E-state index contributed by atoms with van der Waals surface area (Å²) < 4.78 is 68.3. The predicted molar refractivity (Wildman–Crippen MR) is 368 cm³/mol. The van der Waals surface area contributed by atoms with E-state index in [0.717, 1.165) is 102 Å². The number of ether oxygens (including phenoxy) is 4. The number of unbranched alkanes of at least 4 members (excludes halogenated alkanes) is 40. The van der Waals surface area contributed by atoms with Crippen molar-refractivity contribution in [1.29, 1.82) is 0 Å². The van der Waals surface area contributed by atoms with Crippen LogP contribution in [-0.2, 0) is 65.4 Å². The number of rotatable bonds is 71. The van der Waals surface area contributed by atoms with E-state index >= 15 is 0 Å². The van der Waals surface area contributed by atoms with E-state index in [0.29, 0.717) is 25.7 Å². The third-order valence-electron chi connectivity index (χ3n) is 17.1. The summed E-state index contributed by atoms with van der Waals surface area (Å²) in [6, 6.07) is 0. The van der Waals surface area contributed by atoms with Crippen LogP contribution in [0, 0.1) is 11.8 Å². The molecule has 0 aliphatic carbocycles. The highest BCUT2D eigenvalue weighted by atomic mass is 31.2. The molecule has 0 aromatic rings. The van der Waals surface area contributed by atoms with Crippen molar-refractivity contribution in [2.75, 3.05) is 39.6 Å². The molecule has 0 aliphatic heterocycles. The summed E-state index contributed by atoms with van der Waals surface area (Å²) in [6.45, 7) is 9.57. The molecule has 0 bridgehead atoms. The highest BCUT2D eigenvalue weighted by Crippen LogP contribution is 2.45. The monoisotopic (exact) mass is 1340 g/mol. The van der Waals surface area contributed by atoms with Crippen molar-refractivity contribution in [3.63, 3.8) is 0 Å². The van der Waals surface area contributed by atoms with Gasteiger partial charge in [-0.15, -0.1) is 0 Å². The summed E-state index contributed by atoms with van der Waals surface area (Å²) in [4.78, 5) is 72.6. The molecule has 0 saturated carbocycles. The lowest BCUT2D eigenvalue weighted by Gasteiger charge is -2.21. The van der Waals surface area contributed by atoms with E-state index in [1.54, 1.807) is 0 Å². The molecule has 0 radical (unpaired) electrons. The molecule has 540 valence electrons. The van der Waals surface area contributed by atoms with Crippen molar-refractivity contribution in [1.82, 2.24) is 0 Å². The van der Waals surface area contributed by atoms with Gasteiger partial charge in [0.05, 0.1) is 26.4 Å². The van der Waals surface area contributed by atoms with Gasteiger partial charge in [0.2, 0.25) is 0 Å². The minimum absolute atomic E-state index is 0.105. The van der Waals surface area contributed by atoms with Crippen LogP contribution in [0.5, 0.6) is 0 Å². The molecule has 17 nitrogen and oxygen atoms in total. The second kappa shape index (κ2) is 64.1. The van der Waals surface area contributed by atoms with Gasteiger partial charge in [-0.1, -0.05) is 318 Å². The van der Waals surface area contributed by atoms with Gasteiger partial charge in [0, 0.05) is 25.7 Å². The first-order chi connectivity index (χ1) is 43.9. The number of carbonyl (C=O) groups excluding carboxylic acids is 4. The predicted octanol–water partition coefficient (Wildman–Crippen LogP) is 20.8. The van der Waals surface area contributed by atoms with Crippen molar-refractivity contribution in [2.24, 2.45) is 11.8 Å². The number of carbonyl (C=O) groups is 4. The Morgan fingerprint density at radius 1 is 0.319 bits per heavy atom. The molecule has 0 rings (SSSR count). The molecule has 91 heavy (non-hydrogen) atoms. The van der Waals surface area contributed by atoms with Crippen molar-refractivity contribution >= 4 is 39.5 Å². The number of esters is 4. The van der Waals surface area contributed by atoms with Gasteiger partial charge in [0.25, 0.3) is 0 Å². The van der Waals surface area contributed by atoms with Crippen LogP contribution >= 0.6 is 15.6 Å². The fourth-order valence-electron chi connectivity index (χ4n) is 10.9. The highest BCUT2D eigenvalue weighted by molar-refractivity contribution is 7.47. The zero-order valence-corrected chi connectivity index (χ0v) is 60.9. The minimum atomic E-state index is -4.95. The second-order valence-corrected chi connectivity index (χ2v) is 29.6. The van der Waals surface area contributed by atoms with Gasteiger partial charge in [-0.2, -0.15) is 0 Å². The Morgan fingerprint density at radius 3 is 0.835 bits per heavy atom. The van der Waals surface area contributed by atoms with E-state index < -0.39 is 97.5 Å². The third-order valence-corrected chi connectivity index (χ3v) is 19.0. The van der Waals surface area contributed by atoms with Gasteiger partial charge in [-0.3, -0.25) is 37.3 Å². The standard InChI is InChI=1S/C72H140O17P2/c1-7-10-12-14-16-18-19-20-23-26-30-37-43-49-55-70(75)83-61-67(88-71(76)56-50-44-38-31-27-24-21-22-25-29-34-40-46-52-64(4)5)62-86-90(78,79)84-58-66(73)59-85-91(80,81)87-63-68(60-82-69(74)54-48-42-36-28-17-15-13-11-8-2)89-72(77)57-51-45-39-33-32-35-41-47-53-65(6)9-3/h64-68,73H,7-63H2,1-6H3,(H,78,79)(H,80,81)/t65?,66-,67-,68-/m1/s1. The molecule has 0 aromatic heterocycles. The van der Waals surface area contributed by atoms with Crippen LogP contribution in [0.3, 0.4) is 0 Å². The summed E-state index contributed by atoms with van der Waals surface area (Å²) in [7, 11) is -9.90. The summed E-state index contributed by atoms with van der Waals surface area (Å²) in [5.41, 5.74) is 0. The largest absolute Gasteiger partial charge is 0.472 e. The zero-order valence-electron chi connectivity index (χ0n) is 59.1. The van der Waals surface area contributed by atoms with E-state index in [2.05, 4.69) is 41.5 Å². The molecular formula is C72H140O17P2. The summed E-state index contributed by atoms with van der Waals surface area (Å²) in [5.74, 6) is -0.566. The number of hydrogen-bond donors (Lipinski definition) is 3. The molecule has 3 unspecified atom stereocenters. The Labute approximate surface area is 556 Å². The van der Waals surface area contributed by atoms with Gasteiger partial charge in [0.15, 0.2) is 12.2 Å². The third kappa shape index (κ3) is 65.1. The quantitative estimate of drug-likeness (QED) is 0.0222. The molecule has 0 amide bonds. The van der Waals surface area contributed by atoms with Gasteiger partial charge >= 0.3 is 39.5 Å². The lowest BCUT2D eigenvalue weighted by Crippen LogP contribution is -2.30. The van der Waals surface area contributed by atoms with Crippen LogP contribution in [-0.4, -0.2) is 96.7 Å². The van der Waals surface area contributed by atoms with Gasteiger partial charge in [0.1, 0.15) is 19.3 Å². The normalized spacial score (nSPS) is 14.4. The van der Waals surface area contributed by atoms with Crippen molar-refractivity contribution in [3.05, 3.63) is 0 Å². The van der Waals surface area contributed by atoms with Crippen LogP contribution in [0.15, 0.2) is 0 Å². The maximum absolute atomic E-state index is 13.0. The van der Waals surface area contributed by atoms with E-state index in [9.17, 15) is 43.2 Å². The SMILES string of the molecule is CCCCCCCCCCCCCCCCC(=O)OC[C@H](COP(=O)(O)OC[C@@H](O)COP(=O)(O)OC[C@@H](COC(=O)CCCCCCCCCCC)OC(=O)CCCCCCCCCCC(C)CC)OC(=O)CCCCCCCCCCCCCCCC(C)C. The van der Waals surface area contributed by atoms with Crippen LogP contribution in [0.4, 0.5) is 0 Å². The Balaban J connectivity index is 5.24. The topological polar surface area (TPSA) is 237 Å². The Bertz CT molecular complexity index is 1770. The van der Waals surface area contributed by atoms with E-state index in [-0.39, 0.29) is 25.7 Å². The maximum Gasteiger partial charge on any atom is 0.472 e. The smallest absolute Gasteiger partial charge is 0.462 e. The average molecular weight is 1340 g/mol. The van der Waals surface area contributed by atoms with E-state index in [1.165, 1.54) is 186 Å². The number of phosphoric acid groups is 2. The zero-order chi connectivity index (χ0) is 67.2. The van der Waals surface area contributed by atoms with E-state index in [4.69, 9.17) is 37.0 Å². The van der Waals surface area contributed by atoms with E-state index in [1.807, 2.05) is 0 Å². The van der Waals surface area contributed by atoms with Gasteiger partial charge < -0.3 is 33.8 Å². The molecule has 6 atom stereocenters. The molecule has 0 heterocycles. The Morgan fingerprint density at radius 2 is 0.560 bits per heavy atom. The first kappa shape index (κ1) is 89.1. The molecule has 19 heteroatoms. The lowest BCUT2D eigenvalue weighted by atomic mass is 9.99. The maximum atomic E-state index is 13.0.